The molecule has 0 saturated carbocycles. The summed E-state index contributed by atoms with van der Waals surface area (Å²) in [4.78, 5) is 16.5. The van der Waals surface area contributed by atoms with E-state index in [1.807, 2.05) is 19.9 Å². The van der Waals surface area contributed by atoms with Gasteiger partial charge in [-0.2, -0.15) is 0 Å². The van der Waals surface area contributed by atoms with E-state index in [4.69, 9.17) is 5.73 Å². The molecule has 1 aromatic heterocycles. The summed E-state index contributed by atoms with van der Waals surface area (Å²) in [5, 5.41) is 3.05. The Kier molecular flexibility index (Phi) is 5.33. The SMILES string of the molecule is CCCc1cc(C(=O)NC(C)(C)CCC)cc(N)n1. The van der Waals surface area contributed by atoms with E-state index in [2.05, 4.69) is 24.1 Å². The van der Waals surface area contributed by atoms with Crippen molar-refractivity contribution in [3.63, 3.8) is 0 Å². The molecule has 1 rings (SSSR count). The Morgan fingerprint density at radius 1 is 1.32 bits per heavy atom. The van der Waals surface area contributed by atoms with E-state index in [0.717, 1.165) is 31.4 Å². The van der Waals surface area contributed by atoms with Gasteiger partial charge in [-0.25, -0.2) is 4.98 Å². The van der Waals surface area contributed by atoms with E-state index in [-0.39, 0.29) is 11.4 Å². The van der Waals surface area contributed by atoms with E-state index in [1.165, 1.54) is 0 Å². The Morgan fingerprint density at radius 3 is 2.58 bits per heavy atom. The first-order chi connectivity index (χ1) is 8.88. The predicted molar refractivity (Wildman–Crippen MR) is 79.1 cm³/mol. The Bertz CT molecular complexity index is 441. The minimum absolute atomic E-state index is 0.0788. The van der Waals surface area contributed by atoms with Gasteiger partial charge in [-0.15, -0.1) is 0 Å². The highest BCUT2D eigenvalue weighted by atomic mass is 16.1. The van der Waals surface area contributed by atoms with Crippen molar-refractivity contribution in [3.8, 4) is 0 Å². The minimum Gasteiger partial charge on any atom is -0.384 e. The van der Waals surface area contributed by atoms with Gasteiger partial charge in [0, 0.05) is 16.8 Å². The molecule has 106 valence electrons. The van der Waals surface area contributed by atoms with Crippen molar-refractivity contribution in [3.05, 3.63) is 23.4 Å². The number of nitrogens with two attached hydrogens (primary N) is 1. The van der Waals surface area contributed by atoms with E-state index in [9.17, 15) is 4.79 Å². The summed E-state index contributed by atoms with van der Waals surface area (Å²) in [6.07, 6.45) is 3.80. The van der Waals surface area contributed by atoms with Crippen molar-refractivity contribution in [2.24, 2.45) is 0 Å². The third-order valence-electron chi connectivity index (χ3n) is 2.99. The van der Waals surface area contributed by atoms with Gasteiger partial charge >= 0.3 is 0 Å². The molecule has 4 heteroatoms. The summed E-state index contributed by atoms with van der Waals surface area (Å²) in [6.45, 7) is 8.25. The monoisotopic (exact) mass is 263 g/mol. The average Bonchev–Trinajstić information content (AvgIpc) is 2.27. The van der Waals surface area contributed by atoms with Gasteiger partial charge in [0.1, 0.15) is 5.82 Å². The summed E-state index contributed by atoms with van der Waals surface area (Å²) in [6, 6.07) is 3.47. The number of aryl methyl sites for hydroxylation is 1. The van der Waals surface area contributed by atoms with E-state index >= 15 is 0 Å². The van der Waals surface area contributed by atoms with Gasteiger partial charge in [0.05, 0.1) is 0 Å². The number of nitrogens with one attached hydrogen (secondary N) is 1. The second-order valence-corrected chi connectivity index (χ2v) is 5.61. The van der Waals surface area contributed by atoms with Gasteiger partial charge in [-0.1, -0.05) is 26.7 Å². The van der Waals surface area contributed by atoms with Crippen molar-refractivity contribution in [1.29, 1.82) is 0 Å². The number of aromatic nitrogens is 1. The normalized spacial score (nSPS) is 11.4. The maximum absolute atomic E-state index is 12.2. The lowest BCUT2D eigenvalue weighted by Gasteiger charge is -2.25. The minimum atomic E-state index is -0.200. The molecule has 1 amide bonds. The highest BCUT2D eigenvalue weighted by Crippen LogP contribution is 2.14. The topological polar surface area (TPSA) is 68.0 Å². The fourth-order valence-electron chi connectivity index (χ4n) is 2.19. The van der Waals surface area contributed by atoms with E-state index in [1.54, 1.807) is 6.07 Å². The molecule has 0 spiro atoms. The van der Waals surface area contributed by atoms with Gasteiger partial charge in [0.15, 0.2) is 0 Å². The van der Waals surface area contributed by atoms with Crippen molar-refractivity contribution in [2.75, 3.05) is 5.73 Å². The summed E-state index contributed by atoms with van der Waals surface area (Å²) < 4.78 is 0. The van der Waals surface area contributed by atoms with Crippen molar-refractivity contribution in [1.82, 2.24) is 10.3 Å². The van der Waals surface area contributed by atoms with Gasteiger partial charge in [-0.05, 0) is 38.8 Å². The fraction of sp³-hybridized carbons (Fsp3) is 0.600. The fourth-order valence-corrected chi connectivity index (χ4v) is 2.19. The number of amides is 1. The molecule has 0 aliphatic heterocycles. The number of hydrogen-bond acceptors (Lipinski definition) is 3. The van der Waals surface area contributed by atoms with E-state index < -0.39 is 0 Å². The smallest absolute Gasteiger partial charge is 0.251 e. The molecule has 1 heterocycles. The average molecular weight is 263 g/mol. The third-order valence-corrected chi connectivity index (χ3v) is 2.99. The van der Waals surface area contributed by atoms with Crippen LogP contribution in [0.2, 0.25) is 0 Å². The van der Waals surface area contributed by atoms with Crippen LogP contribution in [0.1, 0.15) is 63.0 Å². The molecular formula is C15H25N3O. The zero-order chi connectivity index (χ0) is 14.5. The summed E-state index contributed by atoms with van der Waals surface area (Å²) in [7, 11) is 0. The molecular weight excluding hydrogens is 238 g/mol. The molecule has 0 aliphatic carbocycles. The lowest BCUT2D eigenvalue weighted by molar-refractivity contribution is 0.0909. The number of rotatable bonds is 6. The first-order valence-electron chi connectivity index (χ1n) is 6.97. The number of carbonyl (C=O) groups excluding carboxylic acids is 1. The van der Waals surface area contributed by atoms with Gasteiger partial charge < -0.3 is 11.1 Å². The number of anilines is 1. The molecule has 3 N–H and O–H groups in total. The molecule has 0 aliphatic rings. The number of nitrogen functional groups attached to an aromatic ring is 1. The molecule has 1 aromatic rings. The Morgan fingerprint density at radius 2 is 2.00 bits per heavy atom. The third kappa shape index (κ3) is 4.89. The summed E-state index contributed by atoms with van der Waals surface area (Å²) >= 11 is 0. The van der Waals surface area contributed by atoms with Crippen LogP contribution in [0.3, 0.4) is 0 Å². The molecule has 0 radical (unpaired) electrons. The molecule has 0 fully saturated rings. The highest BCUT2D eigenvalue weighted by molar-refractivity contribution is 5.95. The van der Waals surface area contributed by atoms with Crippen molar-refractivity contribution in [2.45, 2.75) is 58.9 Å². The van der Waals surface area contributed by atoms with E-state index in [0.29, 0.717) is 11.4 Å². The molecule has 0 unspecified atom stereocenters. The van der Waals surface area contributed by atoms with Crippen LogP contribution in [0.25, 0.3) is 0 Å². The Balaban J connectivity index is 2.87. The number of carbonyl (C=O) groups is 1. The van der Waals surface area contributed by atoms with Crippen molar-refractivity contribution >= 4 is 11.7 Å². The highest BCUT2D eigenvalue weighted by Gasteiger charge is 2.20. The molecule has 0 bridgehead atoms. The largest absolute Gasteiger partial charge is 0.384 e. The van der Waals surface area contributed by atoms with Crippen LogP contribution in [0.4, 0.5) is 5.82 Å². The molecule has 19 heavy (non-hydrogen) atoms. The molecule has 0 atom stereocenters. The second kappa shape index (κ2) is 6.55. The van der Waals surface area contributed by atoms with Crippen LogP contribution in [-0.4, -0.2) is 16.4 Å². The van der Waals surface area contributed by atoms with Gasteiger partial charge in [0.25, 0.3) is 5.91 Å². The maximum Gasteiger partial charge on any atom is 0.251 e. The second-order valence-electron chi connectivity index (χ2n) is 5.61. The number of nitrogens with zero attached hydrogens (tertiary/aromatic N) is 1. The molecule has 4 nitrogen and oxygen atoms in total. The predicted octanol–water partition coefficient (Wildman–Crippen LogP) is 2.92. The number of hydrogen-bond donors (Lipinski definition) is 2. The Labute approximate surface area is 115 Å². The van der Waals surface area contributed by atoms with Gasteiger partial charge in [-0.3, -0.25) is 4.79 Å². The first-order valence-corrected chi connectivity index (χ1v) is 6.97. The molecule has 0 saturated heterocycles. The lowest BCUT2D eigenvalue weighted by Crippen LogP contribution is -2.43. The van der Waals surface area contributed by atoms with Gasteiger partial charge in [0.2, 0.25) is 0 Å². The zero-order valence-corrected chi connectivity index (χ0v) is 12.4. The van der Waals surface area contributed by atoms with Crippen LogP contribution in [0, 0.1) is 0 Å². The molecule has 0 aromatic carbocycles. The lowest BCUT2D eigenvalue weighted by atomic mass is 9.98. The maximum atomic E-state index is 12.2. The van der Waals surface area contributed by atoms with Crippen LogP contribution in [0.15, 0.2) is 12.1 Å². The first kappa shape index (κ1) is 15.5. The summed E-state index contributed by atoms with van der Waals surface area (Å²) in [5.41, 5.74) is 7.03. The van der Waals surface area contributed by atoms with Crippen LogP contribution in [-0.2, 0) is 6.42 Å². The van der Waals surface area contributed by atoms with Crippen LogP contribution in [0.5, 0.6) is 0 Å². The van der Waals surface area contributed by atoms with Crippen molar-refractivity contribution < 1.29 is 4.79 Å². The van der Waals surface area contributed by atoms with Crippen LogP contribution < -0.4 is 11.1 Å². The summed E-state index contributed by atoms with van der Waals surface area (Å²) in [5.74, 6) is 0.328. The standard InChI is InChI=1S/C15H25N3O/c1-5-7-12-9-11(10-13(16)17-12)14(19)18-15(3,4)8-6-2/h9-10H,5-8H2,1-4H3,(H2,16,17)(H,18,19). The quantitative estimate of drug-likeness (QED) is 0.829. The van der Waals surface area contributed by atoms with Crippen LogP contribution >= 0.6 is 0 Å². The Hall–Kier alpha value is -1.58. The number of pyridine rings is 1. The zero-order valence-electron chi connectivity index (χ0n) is 12.4.